The van der Waals surface area contributed by atoms with Crippen LogP contribution in [0.15, 0.2) is 12.5 Å². The minimum absolute atomic E-state index is 0.0671. The van der Waals surface area contributed by atoms with Gasteiger partial charge in [-0.1, -0.05) is 12.8 Å². The summed E-state index contributed by atoms with van der Waals surface area (Å²) < 4.78 is 1.78. The molecule has 116 valence electrons. The molecule has 0 spiro atoms. The van der Waals surface area contributed by atoms with E-state index in [0.29, 0.717) is 5.69 Å². The average Bonchev–Trinajstić information content (AvgIpc) is 2.93. The molecule has 1 aliphatic heterocycles. The largest absolute Gasteiger partial charge is 0.393 e. The van der Waals surface area contributed by atoms with Crippen LogP contribution in [0.4, 0.5) is 0 Å². The molecule has 0 radical (unpaired) electrons. The minimum Gasteiger partial charge on any atom is -0.393 e. The number of nitrogens with zero attached hydrogens (tertiary/aromatic N) is 3. The Bertz CT molecular complexity index is 499. The molecule has 3 unspecified atom stereocenters. The van der Waals surface area contributed by atoms with Crippen molar-refractivity contribution in [3.05, 3.63) is 18.2 Å². The topological polar surface area (TPSA) is 58.4 Å². The smallest absolute Gasteiger partial charge is 0.272 e. The first kappa shape index (κ1) is 14.6. The highest BCUT2D eigenvalue weighted by Gasteiger charge is 2.38. The van der Waals surface area contributed by atoms with Gasteiger partial charge in [-0.25, -0.2) is 4.98 Å². The van der Waals surface area contributed by atoms with Gasteiger partial charge in [0.15, 0.2) is 0 Å². The summed E-state index contributed by atoms with van der Waals surface area (Å²) >= 11 is 0. The molecule has 1 N–H and O–H groups in total. The van der Waals surface area contributed by atoms with Crippen molar-refractivity contribution in [2.24, 2.45) is 13.0 Å². The lowest BCUT2D eigenvalue weighted by atomic mass is 9.78. The number of aryl methyl sites for hydroxylation is 1. The van der Waals surface area contributed by atoms with Crippen LogP contribution < -0.4 is 0 Å². The van der Waals surface area contributed by atoms with Gasteiger partial charge in [-0.2, -0.15) is 0 Å². The second kappa shape index (κ2) is 6.18. The lowest BCUT2D eigenvalue weighted by Crippen LogP contribution is -2.51. The molecule has 1 saturated carbocycles. The number of carbonyl (C=O) groups excluding carboxylic acids is 1. The molecule has 1 aromatic rings. The Kier molecular flexibility index (Phi) is 4.29. The van der Waals surface area contributed by atoms with E-state index >= 15 is 0 Å². The first-order chi connectivity index (χ1) is 10.2. The Labute approximate surface area is 126 Å². The molecule has 3 rings (SSSR count). The van der Waals surface area contributed by atoms with Crippen molar-refractivity contribution in [3.8, 4) is 0 Å². The second-order valence-electron chi connectivity index (χ2n) is 6.47. The van der Waals surface area contributed by atoms with Gasteiger partial charge < -0.3 is 14.6 Å². The molecule has 5 heteroatoms. The molecule has 1 saturated heterocycles. The standard InChI is InChI=1S/C16H25N3O2/c1-18-11-17-10-14(18)16(21)19-9-5-4-7-13(19)12-6-2-3-8-15(12)20/h10-13,15,20H,2-9H2,1H3. The van der Waals surface area contributed by atoms with Crippen molar-refractivity contribution in [1.82, 2.24) is 14.5 Å². The molecule has 3 atom stereocenters. The van der Waals surface area contributed by atoms with Crippen LogP contribution in [0, 0.1) is 5.92 Å². The summed E-state index contributed by atoms with van der Waals surface area (Å²) in [6.07, 6.45) is 10.5. The molecule has 5 nitrogen and oxygen atoms in total. The van der Waals surface area contributed by atoms with E-state index in [1.54, 1.807) is 17.1 Å². The molecule has 1 aliphatic carbocycles. The van der Waals surface area contributed by atoms with E-state index in [4.69, 9.17) is 0 Å². The van der Waals surface area contributed by atoms with Crippen molar-refractivity contribution in [2.75, 3.05) is 6.54 Å². The second-order valence-corrected chi connectivity index (χ2v) is 6.47. The molecule has 2 heterocycles. The van der Waals surface area contributed by atoms with Gasteiger partial charge in [-0.3, -0.25) is 4.79 Å². The third-order valence-electron chi connectivity index (χ3n) is 5.12. The molecule has 2 fully saturated rings. The van der Waals surface area contributed by atoms with E-state index in [1.165, 1.54) is 6.42 Å². The van der Waals surface area contributed by atoms with Crippen LogP contribution in [-0.2, 0) is 7.05 Å². The Hall–Kier alpha value is -1.36. The maximum absolute atomic E-state index is 12.8. The van der Waals surface area contributed by atoms with E-state index in [-0.39, 0.29) is 24.0 Å². The minimum atomic E-state index is -0.247. The van der Waals surface area contributed by atoms with Crippen molar-refractivity contribution in [3.63, 3.8) is 0 Å². The molecule has 2 aliphatic rings. The highest BCUT2D eigenvalue weighted by Crippen LogP contribution is 2.34. The van der Waals surface area contributed by atoms with Crippen LogP contribution >= 0.6 is 0 Å². The molecule has 21 heavy (non-hydrogen) atoms. The number of hydrogen-bond donors (Lipinski definition) is 1. The number of aromatic nitrogens is 2. The first-order valence-corrected chi connectivity index (χ1v) is 8.14. The number of likely N-dealkylation sites (tertiary alicyclic amines) is 1. The van der Waals surface area contributed by atoms with Gasteiger partial charge in [0, 0.05) is 25.6 Å². The van der Waals surface area contributed by atoms with Crippen molar-refractivity contribution in [2.45, 2.75) is 57.1 Å². The van der Waals surface area contributed by atoms with E-state index in [0.717, 1.165) is 45.1 Å². The number of piperidine rings is 1. The molecule has 0 aromatic carbocycles. The van der Waals surface area contributed by atoms with E-state index < -0.39 is 0 Å². The molecule has 1 aromatic heterocycles. The van der Waals surface area contributed by atoms with Crippen LogP contribution in [0.1, 0.15) is 55.4 Å². The summed E-state index contributed by atoms with van der Waals surface area (Å²) in [6.45, 7) is 0.803. The number of hydrogen-bond acceptors (Lipinski definition) is 3. The molecular weight excluding hydrogens is 266 g/mol. The maximum Gasteiger partial charge on any atom is 0.272 e. The first-order valence-electron chi connectivity index (χ1n) is 8.14. The van der Waals surface area contributed by atoms with Gasteiger partial charge in [0.25, 0.3) is 5.91 Å². The fraction of sp³-hybridized carbons (Fsp3) is 0.750. The lowest BCUT2D eigenvalue weighted by Gasteiger charge is -2.43. The number of aliphatic hydroxyl groups excluding tert-OH is 1. The van der Waals surface area contributed by atoms with Gasteiger partial charge in [0.2, 0.25) is 0 Å². The highest BCUT2D eigenvalue weighted by molar-refractivity contribution is 5.92. The fourth-order valence-electron chi connectivity index (χ4n) is 3.95. The Morgan fingerprint density at radius 1 is 1.24 bits per heavy atom. The van der Waals surface area contributed by atoms with Crippen LogP contribution in [-0.4, -0.2) is 44.2 Å². The predicted octanol–water partition coefficient (Wildman–Crippen LogP) is 1.97. The summed E-state index contributed by atoms with van der Waals surface area (Å²) in [4.78, 5) is 18.9. The van der Waals surface area contributed by atoms with Crippen LogP contribution in [0.5, 0.6) is 0 Å². The van der Waals surface area contributed by atoms with E-state index in [9.17, 15) is 9.90 Å². The van der Waals surface area contributed by atoms with Crippen LogP contribution in [0.2, 0.25) is 0 Å². The van der Waals surface area contributed by atoms with E-state index in [2.05, 4.69) is 4.98 Å². The zero-order valence-corrected chi connectivity index (χ0v) is 12.7. The number of rotatable bonds is 2. The quantitative estimate of drug-likeness (QED) is 0.906. The summed E-state index contributed by atoms with van der Waals surface area (Å²) in [7, 11) is 1.86. The van der Waals surface area contributed by atoms with Crippen molar-refractivity contribution < 1.29 is 9.90 Å². The highest BCUT2D eigenvalue weighted by atomic mass is 16.3. The third-order valence-corrected chi connectivity index (χ3v) is 5.12. The molecule has 0 bridgehead atoms. The fourth-order valence-corrected chi connectivity index (χ4v) is 3.95. The number of aliphatic hydroxyl groups is 1. The SMILES string of the molecule is Cn1cncc1C(=O)N1CCCCC1C1CCCCC1O. The Balaban J connectivity index is 1.81. The van der Waals surface area contributed by atoms with Gasteiger partial charge in [-0.05, 0) is 32.1 Å². The zero-order valence-electron chi connectivity index (χ0n) is 12.7. The van der Waals surface area contributed by atoms with E-state index in [1.807, 2.05) is 11.9 Å². The zero-order chi connectivity index (χ0) is 14.8. The Morgan fingerprint density at radius 2 is 2.00 bits per heavy atom. The van der Waals surface area contributed by atoms with Gasteiger partial charge >= 0.3 is 0 Å². The van der Waals surface area contributed by atoms with Crippen LogP contribution in [0.25, 0.3) is 0 Å². The maximum atomic E-state index is 12.8. The number of carbonyl (C=O) groups is 1. The molecular formula is C16H25N3O2. The van der Waals surface area contributed by atoms with Crippen molar-refractivity contribution >= 4 is 5.91 Å². The summed E-state index contributed by atoms with van der Waals surface area (Å²) in [5.41, 5.74) is 0.646. The van der Waals surface area contributed by atoms with Gasteiger partial charge in [-0.15, -0.1) is 0 Å². The number of imidazole rings is 1. The normalized spacial score (nSPS) is 30.4. The molecule has 1 amide bonds. The lowest BCUT2D eigenvalue weighted by molar-refractivity contribution is -0.00165. The van der Waals surface area contributed by atoms with Crippen molar-refractivity contribution in [1.29, 1.82) is 0 Å². The van der Waals surface area contributed by atoms with Gasteiger partial charge in [0.1, 0.15) is 5.69 Å². The summed E-state index contributed by atoms with van der Waals surface area (Å²) in [5.74, 6) is 0.314. The summed E-state index contributed by atoms with van der Waals surface area (Å²) in [5, 5.41) is 10.4. The van der Waals surface area contributed by atoms with Crippen LogP contribution in [0.3, 0.4) is 0 Å². The summed E-state index contributed by atoms with van der Waals surface area (Å²) in [6, 6.07) is 0.191. The Morgan fingerprint density at radius 3 is 2.71 bits per heavy atom. The monoisotopic (exact) mass is 291 g/mol. The number of amides is 1. The third kappa shape index (κ3) is 2.84. The average molecular weight is 291 g/mol. The van der Waals surface area contributed by atoms with Gasteiger partial charge in [0.05, 0.1) is 18.6 Å². The predicted molar refractivity (Wildman–Crippen MR) is 79.8 cm³/mol.